The molecule has 1 unspecified atom stereocenters. The van der Waals surface area contributed by atoms with Crippen LogP contribution in [0.25, 0.3) is 11.2 Å². The van der Waals surface area contributed by atoms with Crippen molar-refractivity contribution in [3.63, 3.8) is 0 Å². The number of aromatic nitrogens is 7. The van der Waals surface area contributed by atoms with Gasteiger partial charge < -0.3 is 18.7 Å². The molecule has 3 aromatic heterocycles. The van der Waals surface area contributed by atoms with Gasteiger partial charge in [0.25, 0.3) is 5.56 Å². The first-order valence-electron chi connectivity index (χ1n) is 9.75. The minimum Gasteiger partial charge on any atom is -0.391 e. The van der Waals surface area contributed by atoms with Crippen LogP contribution in [0.5, 0.6) is 0 Å². The number of hydrogen-bond acceptors (Lipinski definition) is 9. The predicted octanol–water partition coefficient (Wildman–Crippen LogP) is -0.299. The van der Waals surface area contributed by atoms with Gasteiger partial charge in [-0.1, -0.05) is 5.21 Å². The molecule has 0 saturated carbocycles. The zero-order valence-corrected chi connectivity index (χ0v) is 18.7. The second kappa shape index (κ2) is 9.27. The van der Waals surface area contributed by atoms with Crippen LogP contribution in [0.1, 0.15) is 19.5 Å². The third-order valence-corrected chi connectivity index (χ3v) is 6.79. The normalized spacial score (nSPS) is 13.2. The number of imidazole rings is 1. The minimum atomic E-state index is -3.39. The van der Waals surface area contributed by atoms with E-state index in [0.29, 0.717) is 5.69 Å². The number of aliphatic hydroxyl groups excluding tert-OH is 1. The van der Waals surface area contributed by atoms with Crippen molar-refractivity contribution in [3.05, 3.63) is 39.1 Å². The molecular weight excluding hydrogens is 429 g/mol. The Kier molecular flexibility index (Phi) is 6.90. The molecule has 3 heterocycles. The van der Waals surface area contributed by atoms with Crippen LogP contribution < -0.4 is 11.2 Å². The standard InChI is InChI=1S/C17H26N7O6P/c1-5-29-31(28,30-6-2)10-13(25)9-24-8-12(19-20-24)7-23-11-18-15-14(23)16(26)22(4)17(27)21(15)3/h8,11,13,25H,5-7,9-10H2,1-4H3. The van der Waals surface area contributed by atoms with Crippen molar-refractivity contribution in [1.82, 2.24) is 33.7 Å². The number of aryl methyl sites for hydroxylation is 1. The van der Waals surface area contributed by atoms with Crippen molar-refractivity contribution >= 4 is 18.8 Å². The lowest BCUT2D eigenvalue weighted by Gasteiger charge is -2.19. The third kappa shape index (κ3) is 4.85. The van der Waals surface area contributed by atoms with E-state index in [4.69, 9.17) is 9.05 Å². The predicted molar refractivity (Wildman–Crippen MR) is 111 cm³/mol. The first-order chi connectivity index (χ1) is 14.7. The van der Waals surface area contributed by atoms with E-state index in [1.807, 2.05) is 0 Å². The third-order valence-electron chi connectivity index (χ3n) is 4.62. The summed E-state index contributed by atoms with van der Waals surface area (Å²) in [5, 5.41) is 18.3. The highest BCUT2D eigenvalue weighted by atomic mass is 31.2. The van der Waals surface area contributed by atoms with E-state index in [-0.39, 0.29) is 43.6 Å². The summed E-state index contributed by atoms with van der Waals surface area (Å²) in [5.74, 6) is 0. The Morgan fingerprint density at radius 2 is 1.84 bits per heavy atom. The fraction of sp³-hybridized carbons (Fsp3) is 0.588. The molecule has 0 bridgehead atoms. The van der Waals surface area contributed by atoms with Gasteiger partial charge in [-0.05, 0) is 13.8 Å². The number of fused-ring (bicyclic) bond motifs is 1. The van der Waals surface area contributed by atoms with Crippen LogP contribution in [0.15, 0.2) is 22.1 Å². The van der Waals surface area contributed by atoms with Crippen molar-refractivity contribution in [3.8, 4) is 0 Å². The van der Waals surface area contributed by atoms with E-state index in [1.165, 1.54) is 22.6 Å². The molecule has 3 rings (SSSR count). The van der Waals surface area contributed by atoms with E-state index in [2.05, 4.69) is 15.3 Å². The highest BCUT2D eigenvalue weighted by molar-refractivity contribution is 7.53. The summed E-state index contributed by atoms with van der Waals surface area (Å²) in [6.07, 6.45) is 1.88. The van der Waals surface area contributed by atoms with Crippen molar-refractivity contribution in [2.24, 2.45) is 14.1 Å². The Balaban J connectivity index is 1.76. The summed E-state index contributed by atoms with van der Waals surface area (Å²) < 4.78 is 28.3. The number of aliphatic hydroxyl groups is 1. The van der Waals surface area contributed by atoms with Crippen LogP contribution in [0, 0.1) is 0 Å². The zero-order valence-electron chi connectivity index (χ0n) is 17.8. The fourth-order valence-electron chi connectivity index (χ4n) is 3.26. The molecule has 1 atom stereocenters. The Hall–Kier alpha value is -2.60. The van der Waals surface area contributed by atoms with Gasteiger partial charge in [-0.2, -0.15) is 0 Å². The van der Waals surface area contributed by atoms with Gasteiger partial charge in [0.05, 0.1) is 51.1 Å². The van der Waals surface area contributed by atoms with E-state index in [0.717, 1.165) is 4.57 Å². The molecule has 14 heteroatoms. The highest BCUT2D eigenvalue weighted by Gasteiger charge is 2.28. The van der Waals surface area contributed by atoms with Gasteiger partial charge in [0.15, 0.2) is 11.2 Å². The second-order valence-electron chi connectivity index (χ2n) is 6.97. The summed E-state index contributed by atoms with van der Waals surface area (Å²) in [7, 11) is -0.438. The first kappa shape index (κ1) is 23.1. The molecule has 1 N–H and O–H groups in total. The highest BCUT2D eigenvalue weighted by Crippen LogP contribution is 2.48. The Labute approximate surface area is 177 Å². The maximum atomic E-state index is 12.6. The Morgan fingerprint density at radius 1 is 1.16 bits per heavy atom. The van der Waals surface area contributed by atoms with Crippen molar-refractivity contribution in [2.75, 3.05) is 19.4 Å². The molecule has 0 aliphatic heterocycles. The molecule has 0 saturated heterocycles. The largest absolute Gasteiger partial charge is 0.391 e. The summed E-state index contributed by atoms with van der Waals surface area (Å²) in [6, 6.07) is 0. The summed E-state index contributed by atoms with van der Waals surface area (Å²) >= 11 is 0. The van der Waals surface area contributed by atoms with Gasteiger partial charge in [-0.3, -0.25) is 18.5 Å². The summed E-state index contributed by atoms with van der Waals surface area (Å²) in [4.78, 5) is 28.7. The van der Waals surface area contributed by atoms with Crippen LogP contribution in [0.3, 0.4) is 0 Å². The zero-order chi connectivity index (χ0) is 22.8. The van der Waals surface area contributed by atoms with Crippen LogP contribution in [0.4, 0.5) is 0 Å². The molecule has 0 aromatic carbocycles. The average molecular weight is 455 g/mol. The molecule has 13 nitrogen and oxygen atoms in total. The molecule has 0 aliphatic rings. The molecule has 170 valence electrons. The molecule has 0 fully saturated rings. The van der Waals surface area contributed by atoms with Crippen molar-refractivity contribution < 1.29 is 18.7 Å². The maximum absolute atomic E-state index is 12.6. The van der Waals surface area contributed by atoms with Crippen molar-refractivity contribution in [1.29, 1.82) is 0 Å². The van der Waals surface area contributed by atoms with Crippen LogP contribution in [0.2, 0.25) is 0 Å². The monoisotopic (exact) mass is 455 g/mol. The summed E-state index contributed by atoms with van der Waals surface area (Å²) in [6.45, 7) is 4.05. The van der Waals surface area contributed by atoms with E-state index >= 15 is 0 Å². The lowest BCUT2D eigenvalue weighted by Crippen LogP contribution is -2.37. The topological polar surface area (TPSA) is 148 Å². The lowest BCUT2D eigenvalue weighted by atomic mass is 10.4. The van der Waals surface area contributed by atoms with Gasteiger partial charge in [0.2, 0.25) is 0 Å². The van der Waals surface area contributed by atoms with Crippen molar-refractivity contribution in [2.45, 2.75) is 33.0 Å². The van der Waals surface area contributed by atoms with Crippen LogP contribution >= 0.6 is 7.60 Å². The number of nitrogens with zero attached hydrogens (tertiary/aromatic N) is 7. The van der Waals surface area contributed by atoms with Gasteiger partial charge >= 0.3 is 13.3 Å². The lowest BCUT2D eigenvalue weighted by molar-refractivity contribution is 0.150. The van der Waals surface area contributed by atoms with Gasteiger partial charge in [0, 0.05) is 14.1 Å². The summed E-state index contributed by atoms with van der Waals surface area (Å²) in [5.41, 5.74) is 0.146. The smallest absolute Gasteiger partial charge is 0.333 e. The van der Waals surface area contributed by atoms with E-state index in [9.17, 15) is 19.3 Å². The minimum absolute atomic E-state index is 0.0398. The Morgan fingerprint density at radius 3 is 2.48 bits per heavy atom. The molecule has 0 aliphatic carbocycles. The molecule has 0 amide bonds. The molecule has 0 radical (unpaired) electrons. The number of rotatable bonds is 10. The fourth-order valence-corrected chi connectivity index (χ4v) is 4.96. The van der Waals surface area contributed by atoms with Gasteiger partial charge in [-0.15, -0.1) is 5.10 Å². The van der Waals surface area contributed by atoms with Gasteiger partial charge in [-0.25, -0.2) is 14.5 Å². The average Bonchev–Trinajstić information content (AvgIpc) is 3.32. The molecule has 0 spiro atoms. The SMILES string of the molecule is CCOP(=O)(CC(O)Cn1cc(Cn2cnc3c2c(=O)n(C)c(=O)n3C)nn1)OCC. The van der Waals surface area contributed by atoms with E-state index < -0.39 is 24.9 Å². The van der Waals surface area contributed by atoms with E-state index in [1.54, 1.807) is 31.7 Å². The number of hydrogen-bond donors (Lipinski definition) is 1. The van der Waals surface area contributed by atoms with Crippen LogP contribution in [-0.4, -0.2) is 64.3 Å². The quantitative estimate of drug-likeness (QED) is 0.407. The maximum Gasteiger partial charge on any atom is 0.333 e. The molecule has 31 heavy (non-hydrogen) atoms. The molecule has 3 aromatic rings. The first-order valence-corrected chi connectivity index (χ1v) is 11.5. The van der Waals surface area contributed by atoms with Gasteiger partial charge in [0.1, 0.15) is 5.69 Å². The second-order valence-corrected chi connectivity index (χ2v) is 9.07. The molecular formula is C17H26N7O6P. The Bertz CT molecular complexity index is 1220. The van der Waals surface area contributed by atoms with Crippen LogP contribution in [-0.2, 0) is 40.8 Å².